The van der Waals surface area contributed by atoms with Gasteiger partial charge in [0, 0.05) is 12.6 Å². The van der Waals surface area contributed by atoms with Crippen molar-refractivity contribution in [1.82, 2.24) is 10.6 Å². The Hall–Kier alpha value is -0.730. The molecule has 0 spiro atoms. The summed E-state index contributed by atoms with van der Waals surface area (Å²) in [7, 11) is 0. The summed E-state index contributed by atoms with van der Waals surface area (Å²) in [6.45, 7) is 6.90. The molecule has 25 heavy (non-hydrogen) atoms. The second-order valence-electron chi connectivity index (χ2n) is 7.76. The van der Waals surface area contributed by atoms with E-state index >= 15 is 0 Å². The van der Waals surface area contributed by atoms with Crippen LogP contribution in [0, 0.1) is 0 Å². The van der Waals surface area contributed by atoms with E-state index in [9.17, 15) is 4.79 Å². The van der Waals surface area contributed by atoms with Crippen molar-refractivity contribution in [1.29, 1.82) is 0 Å². The largest absolute Gasteiger partial charge is 0.337 e. The molecule has 0 bridgehead atoms. The zero-order valence-corrected chi connectivity index (χ0v) is 17.5. The molecule has 0 aliphatic heterocycles. The van der Waals surface area contributed by atoms with Gasteiger partial charge in [0.15, 0.2) is 0 Å². The molecule has 0 rings (SSSR count). The molecule has 0 heterocycles. The molecule has 0 saturated heterocycles. The zero-order valence-electron chi connectivity index (χ0n) is 17.5. The number of carbonyl (C=O) groups excluding carboxylic acids is 1. The van der Waals surface area contributed by atoms with Crippen LogP contribution in [0.1, 0.15) is 124 Å². The van der Waals surface area contributed by atoms with Crippen LogP contribution in [0.2, 0.25) is 0 Å². The zero-order chi connectivity index (χ0) is 18.6. The highest BCUT2D eigenvalue weighted by atomic mass is 16.2. The van der Waals surface area contributed by atoms with Gasteiger partial charge in [-0.1, -0.05) is 103 Å². The highest BCUT2D eigenvalue weighted by Gasteiger charge is 2.03. The molecule has 0 aromatic carbocycles. The van der Waals surface area contributed by atoms with Gasteiger partial charge in [0.2, 0.25) is 0 Å². The van der Waals surface area contributed by atoms with Gasteiger partial charge in [0.05, 0.1) is 0 Å². The second-order valence-corrected chi connectivity index (χ2v) is 7.76. The Kier molecular flexibility index (Phi) is 19.0. The van der Waals surface area contributed by atoms with Crippen molar-refractivity contribution in [2.75, 3.05) is 6.54 Å². The first kappa shape index (κ1) is 24.3. The molecule has 3 heteroatoms. The van der Waals surface area contributed by atoms with E-state index in [-0.39, 0.29) is 12.1 Å². The fourth-order valence-corrected chi connectivity index (χ4v) is 3.15. The fraction of sp³-hybridized carbons (Fsp3) is 0.955. The average Bonchev–Trinajstić information content (AvgIpc) is 2.57. The third-order valence-corrected chi connectivity index (χ3v) is 4.68. The lowest BCUT2D eigenvalue weighted by molar-refractivity contribution is 0.237. The van der Waals surface area contributed by atoms with E-state index < -0.39 is 0 Å². The molecule has 0 saturated carbocycles. The van der Waals surface area contributed by atoms with Gasteiger partial charge in [-0.3, -0.25) is 0 Å². The summed E-state index contributed by atoms with van der Waals surface area (Å²) < 4.78 is 0. The molecule has 0 atom stereocenters. The highest BCUT2D eigenvalue weighted by molar-refractivity contribution is 5.73. The van der Waals surface area contributed by atoms with Crippen LogP contribution in [0.25, 0.3) is 0 Å². The summed E-state index contributed by atoms with van der Waals surface area (Å²) in [5.41, 5.74) is 0. The smallest absolute Gasteiger partial charge is 0.336 e. The maximum Gasteiger partial charge on any atom is 0.336 e. The average molecular weight is 354 g/mol. The van der Waals surface area contributed by atoms with E-state index in [2.05, 4.69) is 17.6 Å². The molecule has 3 nitrogen and oxygen atoms in total. The first-order chi connectivity index (χ1) is 12.2. The Balaban J connectivity index is 3.06. The Morgan fingerprint density at radius 2 is 1.04 bits per heavy atom. The second kappa shape index (κ2) is 19.6. The molecular formula is C22H45N2O. The molecule has 149 valence electrons. The summed E-state index contributed by atoms with van der Waals surface area (Å²) in [5.74, 6) is 0. The standard InChI is InChI=1S/C22H45N2O/c1-4-5-6-7-8-9-10-11-12-13-14-15-16-17-18-19-20-23-22(25)24-21(2)3/h21H,4-20H2,1-3H3,(H,23,25). The number of nitrogens with one attached hydrogen (secondary N) is 1. The number of urea groups is 1. The maximum absolute atomic E-state index is 11.3. The number of unbranched alkanes of at least 4 members (excludes halogenated alkanes) is 15. The van der Waals surface area contributed by atoms with Crippen LogP contribution in [-0.2, 0) is 0 Å². The van der Waals surface area contributed by atoms with Crippen LogP contribution >= 0.6 is 0 Å². The minimum Gasteiger partial charge on any atom is -0.337 e. The Bertz CT molecular complexity index is 279. The van der Waals surface area contributed by atoms with Crippen LogP contribution in [0.5, 0.6) is 0 Å². The van der Waals surface area contributed by atoms with Crippen molar-refractivity contribution < 1.29 is 4.79 Å². The third-order valence-electron chi connectivity index (χ3n) is 4.68. The van der Waals surface area contributed by atoms with Crippen molar-refractivity contribution >= 4 is 6.03 Å². The molecule has 0 unspecified atom stereocenters. The monoisotopic (exact) mass is 353 g/mol. The quantitative estimate of drug-likeness (QED) is 0.266. The molecule has 0 aliphatic carbocycles. The number of nitrogens with zero attached hydrogens (tertiary/aromatic N) is 1. The summed E-state index contributed by atoms with van der Waals surface area (Å²) in [6, 6.07) is -0.0678. The predicted octanol–water partition coefficient (Wildman–Crippen LogP) is 6.97. The van der Waals surface area contributed by atoms with E-state index in [1.165, 1.54) is 96.3 Å². The summed E-state index contributed by atoms with van der Waals surface area (Å²) >= 11 is 0. The normalized spacial score (nSPS) is 11.0. The molecule has 0 aliphatic rings. The lowest BCUT2D eigenvalue weighted by atomic mass is 10.0. The fourth-order valence-electron chi connectivity index (χ4n) is 3.15. The number of rotatable bonds is 18. The minimum atomic E-state index is -0.157. The van der Waals surface area contributed by atoms with Crippen molar-refractivity contribution in [2.24, 2.45) is 0 Å². The molecular weight excluding hydrogens is 308 g/mol. The van der Waals surface area contributed by atoms with Crippen LogP contribution in [-0.4, -0.2) is 18.6 Å². The predicted molar refractivity (Wildman–Crippen MR) is 110 cm³/mol. The lowest BCUT2D eigenvalue weighted by Crippen LogP contribution is -2.34. The van der Waals surface area contributed by atoms with E-state index in [1.54, 1.807) is 0 Å². The maximum atomic E-state index is 11.3. The number of carbonyl (C=O) groups is 1. The first-order valence-electron chi connectivity index (χ1n) is 11.2. The van der Waals surface area contributed by atoms with Crippen molar-refractivity contribution in [3.05, 3.63) is 0 Å². The van der Waals surface area contributed by atoms with E-state index in [1.807, 2.05) is 13.8 Å². The van der Waals surface area contributed by atoms with Crippen LogP contribution in [0.15, 0.2) is 0 Å². The van der Waals surface area contributed by atoms with Crippen LogP contribution in [0.3, 0.4) is 0 Å². The molecule has 1 radical (unpaired) electrons. The Morgan fingerprint density at radius 1 is 0.680 bits per heavy atom. The van der Waals surface area contributed by atoms with Crippen LogP contribution < -0.4 is 10.6 Å². The topological polar surface area (TPSA) is 43.2 Å². The van der Waals surface area contributed by atoms with Crippen molar-refractivity contribution in [3.63, 3.8) is 0 Å². The summed E-state index contributed by atoms with van der Waals surface area (Å²) in [4.78, 5) is 11.3. The van der Waals surface area contributed by atoms with Crippen molar-refractivity contribution in [2.45, 2.75) is 130 Å². The first-order valence-corrected chi connectivity index (χ1v) is 11.2. The lowest BCUT2D eigenvalue weighted by Gasteiger charge is -2.07. The minimum absolute atomic E-state index is 0.0887. The van der Waals surface area contributed by atoms with Gasteiger partial charge in [-0.05, 0) is 20.3 Å². The van der Waals surface area contributed by atoms with Gasteiger partial charge in [-0.2, -0.15) is 0 Å². The summed E-state index contributed by atoms with van der Waals surface area (Å²) in [5, 5.41) is 6.80. The van der Waals surface area contributed by atoms with Gasteiger partial charge >= 0.3 is 6.03 Å². The number of amides is 2. The Labute approximate surface area is 158 Å². The molecule has 2 amide bonds. The van der Waals surface area contributed by atoms with Gasteiger partial charge in [-0.25, -0.2) is 10.1 Å². The van der Waals surface area contributed by atoms with Crippen LogP contribution in [0.4, 0.5) is 4.79 Å². The van der Waals surface area contributed by atoms with Gasteiger partial charge in [0.25, 0.3) is 0 Å². The number of hydrogen-bond donors (Lipinski definition) is 1. The van der Waals surface area contributed by atoms with Crippen molar-refractivity contribution in [3.8, 4) is 0 Å². The molecule has 0 aromatic rings. The third kappa shape index (κ3) is 21.2. The molecule has 1 N–H and O–H groups in total. The van der Waals surface area contributed by atoms with Gasteiger partial charge in [0.1, 0.15) is 0 Å². The summed E-state index contributed by atoms with van der Waals surface area (Å²) in [6.07, 6.45) is 22.0. The van der Waals surface area contributed by atoms with Gasteiger partial charge < -0.3 is 5.32 Å². The number of hydrogen-bond acceptors (Lipinski definition) is 1. The highest BCUT2D eigenvalue weighted by Crippen LogP contribution is 2.13. The van der Waals surface area contributed by atoms with E-state index in [0.717, 1.165) is 13.0 Å². The van der Waals surface area contributed by atoms with E-state index in [4.69, 9.17) is 0 Å². The molecule has 0 aromatic heterocycles. The van der Waals surface area contributed by atoms with Gasteiger partial charge in [-0.15, -0.1) is 0 Å². The SMILES string of the molecule is CCCCCCCCCCCCCCCCCCNC(=O)[N]C(C)C. The van der Waals surface area contributed by atoms with E-state index in [0.29, 0.717) is 0 Å². The molecule has 0 fully saturated rings. The Morgan fingerprint density at radius 3 is 1.40 bits per heavy atom.